The molecule has 5 aromatic carbocycles. The second-order valence-electron chi connectivity index (χ2n) is 19.8. The number of rotatable bonds is 26. The third kappa shape index (κ3) is 13.9. The van der Waals surface area contributed by atoms with Crippen LogP contribution in [0.1, 0.15) is 136 Å². The summed E-state index contributed by atoms with van der Waals surface area (Å²) in [6, 6.07) is 51.9. The van der Waals surface area contributed by atoms with Gasteiger partial charge in [0.2, 0.25) is 0 Å². The van der Waals surface area contributed by atoms with E-state index >= 15 is 0 Å². The summed E-state index contributed by atoms with van der Waals surface area (Å²) in [6.07, 6.45) is 11.0. The highest BCUT2D eigenvalue weighted by Crippen LogP contribution is 2.49. The topological polar surface area (TPSA) is 122 Å². The summed E-state index contributed by atoms with van der Waals surface area (Å²) in [6.45, 7) is 11.4. The Morgan fingerprint density at radius 2 is 1.44 bits per heavy atom. The molecule has 5 atom stereocenters. The number of nitro benzene ring substituents is 1. The van der Waals surface area contributed by atoms with Gasteiger partial charge in [0, 0.05) is 40.3 Å². The van der Waals surface area contributed by atoms with Crippen molar-refractivity contribution in [2.45, 2.75) is 121 Å². The van der Waals surface area contributed by atoms with Gasteiger partial charge in [-0.25, -0.2) is 4.68 Å². The molecule has 5 unspecified atom stereocenters. The Bertz CT molecular complexity index is 2740. The number of aryl methyl sites for hydroxylation is 1. The molecule has 0 N–H and O–H groups in total. The Hall–Kier alpha value is -6.46. The molecule has 0 aliphatic carbocycles. The van der Waals surface area contributed by atoms with Crippen molar-refractivity contribution in [1.82, 2.24) is 20.0 Å². The predicted octanol–water partition coefficient (Wildman–Crippen LogP) is 15.2. The van der Waals surface area contributed by atoms with Crippen LogP contribution in [-0.2, 0) is 28.1 Å². The molecule has 0 amide bonds. The lowest BCUT2D eigenvalue weighted by atomic mass is 9.63. The predicted molar refractivity (Wildman–Crippen MR) is 287 cm³/mol. The fourth-order valence-electron chi connectivity index (χ4n) is 9.75. The highest BCUT2D eigenvalue weighted by atomic mass is 79.9. The number of hydrogen-bond donors (Lipinski definition) is 0. The Kier molecular flexibility index (Phi) is 18.5. The van der Waals surface area contributed by atoms with Crippen molar-refractivity contribution in [1.29, 1.82) is 0 Å². The molecule has 10 nitrogen and oxygen atoms in total. The average molecular weight is 1020 g/mol. The fourth-order valence-corrected chi connectivity index (χ4v) is 10.9. The number of pyridine rings is 1. The quantitative estimate of drug-likeness (QED) is 0.0173. The SMILES string of the molecule is CCC(C)CCC(CC(CC(C)c1ccccn1)(c1ccccc1)c1ccc(-c2cnnn2CCCCOc2ccc([N+](=O)[O-])c(COC(=O)C(C)(C)CC(Br)c3ccccc3)c2)cc1)c1ccccc1. The lowest BCUT2D eigenvalue weighted by Gasteiger charge is -2.40. The van der Waals surface area contributed by atoms with Crippen LogP contribution in [0.4, 0.5) is 5.69 Å². The molecule has 0 aliphatic rings. The number of halogens is 1. The molecule has 7 rings (SSSR count). The normalized spacial score (nSPS) is 14.2. The van der Waals surface area contributed by atoms with Gasteiger partial charge in [-0.2, -0.15) is 0 Å². The van der Waals surface area contributed by atoms with E-state index in [0.717, 1.165) is 48.2 Å². The van der Waals surface area contributed by atoms with E-state index in [-0.39, 0.29) is 34.0 Å². The van der Waals surface area contributed by atoms with Gasteiger partial charge in [0.15, 0.2) is 0 Å². The number of nitrogens with zero attached hydrogens (tertiary/aromatic N) is 5. The van der Waals surface area contributed by atoms with Crippen molar-refractivity contribution in [2.24, 2.45) is 11.3 Å². The van der Waals surface area contributed by atoms with E-state index in [4.69, 9.17) is 14.5 Å². The molecule has 11 heteroatoms. The molecule has 0 bridgehead atoms. The first kappa shape index (κ1) is 52.4. The van der Waals surface area contributed by atoms with Gasteiger partial charge in [-0.3, -0.25) is 19.9 Å². The van der Waals surface area contributed by atoms with E-state index in [1.807, 2.05) is 67.3 Å². The number of unbranched alkanes of at least 4 members (excludes halogenated alkanes) is 1. The van der Waals surface area contributed by atoms with Crippen molar-refractivity contribution in [3.63, 3.8) is 0 Å². The van der Waals surface area contributed by atoms with Crippen LogP contribution in [0.5, 0.6) is 5.75 Å². The maximum atomic E-state index is 13.3. The number of nitro groups is 1. The van der Waals surface area contributed by atoms with Crippen LogP contribution in [0.3, 0.4) is 0 Å². The Balaban J connectivity index is 1.04. The van der Waals surface area contributed by atoms with Gasteiger partial charge >= 0.3 is 5.97 Å². The van der Waals surface area contributed by atoms with E-state index in [0.29, 0.717) is 43.6 Å². The zero-order valence-corrected chi connectivity index (χ0v) is 43.4. The molecule has 2 heterocycles. The van der Waals surface area contributed by atoms with Crippen LogP contribution in [0.15, 0.2) is 164 Å². The van der Waals surface area contributed by atoms with E-state index in [2.05, 4.69) is 144 Å². The lowest BCUT2D eigenvalue weighted by molar-refractivity contribution is -0.385. The summed E-state index contributed by atoms with van der Waals surface area (Å²) in [5, 5.41) is 20.8. The first-order valence-corrected chi connectivity index (χ1v) is 26.1. The first-order chi connectivity index (χ1) is 34.4. The standard InChI is InChI=1S/C60H68BrN5O5/c1-6-44(2)27-28-49(46-20-10-7-11-21-46)40-60(51-24-14-9-15-25-51,39-45(3)55-26-16-17-35-62-55)52-31-29-48(30-32-52)57-42-63-64-65(57)36-18-19-37-70-53-33-34-56(66(68)69)50(38-53)43-71-58(67)59(4,5)41-54(61)47-22-12-8-13-23-47/h7-17,20-26,29-35,38,42,44-45,49,54H,6,18-19,27-28,36-37,39-41,43H2,1-5H3. The molecular weight excluding hydrogens is 951 g/mol. The summed E-state index contributed by atoms with van der Waals surface area (Å²) in [5.41, 5.74) is 7.08. The first-order valence-electron chi connectivity index (χ1n) is 25.1. The summed E-state index contributed by atoms with van der Waals surface area (Å²) < 4.78 is 13.7. The van der Waals surface area contributed by atoms with Crippen molar-refractivity contribution in [3.05, 3.63) is 208 Å². The highest BCUT2D eigenvalue weighted by Gasteiger charge is 2.39. The van der Waals surface area contributed by atoms with Crippen molar-refractivity contribution in [2.75, 3.05) is 6.61 Å². The number of benzene rings is 5. The van der Waals surface area contributed by atoms with E-state index in [1.165, 1.54) is 35.6 Å². The second kappa shape index (κ2) is 25.1. The molecule has 0 fully saturated rings. The highest BCUT2D eigenvalue weighted by molar-refractivity contribution is 9.09. The van der Waals surface area contributed by atoms with Crippen molar-refractivity contribution >= 4 is 27.6 Å². The molecule has 2 aromatic heterocycles. The van der Waals surface area contributed by atoms with Gasteiger partial charge in [-0.05, 0) is 117 Å². The zero-order valence-electron chi connectivity index (χ0n) is 41.8. The summed E-state index contributed by atoms with van der Waals surface area (Å²) in [5.74, 6) is 1.22. The lowest BCUT2D eigenvalue weighted by Crippen LogP contribution is -2.32. The molecule has 0 spiro atoms. The number of carbonyl (C=O) groups excluding carboxylic acids is 1. The number of aromatic nitrogens is 4. The van der Waals surface area contributed by atoms with E-state index in [1.54, 1.807) is 12.1 Å². The third-order valence-corrected chi connectivity index (χ3v) is 15.0. The van der Waals surface area contributed by atoms with Crippen LogP contribution in [-0.4, -0.2) is 37.5 Å². The van der Waals surface area contributed by atoms with Crippen molar-refractivity contribution < 1.29 is 19.2 Å². The van der Waals surface area contributed by atoms with Gasteiger partial charge in [0.25, 0.3) is 5.69 Å². The van der Waals surface area contributed by atoms with Gasteiger partial charge < -0.3 is 9.47 Å². The summed E-state index contributed by atoms with van der Waals surface area (Å²) in [4.78, 5) is 29.6. The fraction of sp³-hybridized carbons (Fsp3) is 0.367. The minimum atomic E-state index is -0.840. The second-order valence-corrected chi connectivity index (χ2v) is 20.9. The number of esters is 1. The molecule has 0 aliphatic heterocycles. The molecule has 0 saturated carbocycles. The van der Waals surface area contributed by atoms with Gasteiger partial charge in [0.1, 0.15) is 12.4 Å². The minimum absolute atomic E-state index is 0.0581. The van der Waals surface area contributed by atoms with E-state index < -0.39 is 16.3 Å². The summed E-state index contributed by atoms with van der Waals surface area (Å²) >= 11 is 3.71. The van der Waals surface area contributed by atoms with Gasteiger partial charge in [0.05, 0.1) is 34.4 Å². The largest absolute Gasteiger partial charge is 0.494 e. The minimum Gasteiger partial charge on any atom is -0.494 e. The number of ether oxygens (including phenoxy) is 2. The van der Waals surface area contributed by atoms with E-state index in [9.17, 15) is 14.9 Å². The Morgan fingerprint density at radius 3 is 2.10 bits per heavy atom. The summed E-state index contributed by atoms with van der Waals surface area (Å²) in [7, 11) is 0. The molecule has 0 saturated heterocycles. The van der Waals surface area contributed by atoms with Crippen LogP contribution >= 0.6 is 15.9 Å². The van der Waals surface area contributed by atoms with Crippen LogP contribution < -0.4 is 4.74 Å². The van der Waals surface area contributed by atoms with Gasteiger partial charge in [-0.1, -0.05) is 176 Å². The molecule has 370 valence electrons. The zero-order chi connectivity index (χ0) is 50.2. The molecular formula is C60H68BrN5O5. The molecule has 7 aromatic rings. The smallest absolute Gasteiger partial charge is 0.311 e. The number of hydrogen-bond acceptors (Lipinski definition) is 8. The van der Waals surface area contributed by atoms with Crippen LogP contribution in [0.25, 0.3) is 11.3 Å². The van der Waals surface area contributed by atoms with Crippen LogP contribution in [0.2, 0.25) is 0 Å². The Labute approximate surface area is 428 Å². The average Bonchev–Trinajstić information content (AvgIpc) is 3.88. The number of alkyl halides is 1. The third-order valence-electron chi connectivity index (χ3n) is 14.1. The molecule has 0 radical (unpaired) electrons. The number of carbonyl (C=O) groups is 1. The monoisotopic (exact) mass is 1020 g/mol. The maximum absolute atomic E-state index is 13.3. The van der Waals surface area contributed by atoms with Crippen molar-refractivity contribution in [3.8, 4) is 17.0 Å². The maximum Gasteiger partial charge on any atom is 0.311 e. The Morgan fingerprint density at radius 1 is 0.775 bits per heavy atom. The van der Waals surface area contributed by atoms with Gasteiger partial charge in [-0.15, -0.1) is 5.10 Å². The van der Waals surface area contributed by atoms with Crippen LogP contribution in [0, 0.1) is 21.4 Å². The molecule has 71 heavy (non-hydrogen) atoms.